The van der Waals surface area contributed by atoms with Crippen molar-refractivity contribution < 1.29 is 4.79 Å². The molecule has 0 aliphatic carbocycles. The molecule has 0 saturated heterocycles. The molecule has 0 fully saturated rings. The highest BCUT2D eigenvalue weighted by atomic mass is 32.1. The Morgan fingerprint density at radius 2 is 1.90 bits per heavy atom. The SMILES string of the molecule is Cc1ccccc1[C@@H](C)NC(=O)N[C@H](C)c1nccs1. The molecule has 0 radical (unpaired) electrons. The van der Waals surface area contributed by atoms with Gasteiger partial charge in [-0.25, -0.2) is 9.78 Å². The van der Waals surface area contributed by atoms with Crippen LogP contribution in [-0.4, -0.2) is 11.0 Å². The number of aromatic nitrogens is 1. The number of urea groups is 1. The lowest BCUT2D eigenvalue weighted by Gasteiger charge is -2.18. The van der Waals surface area contributed by atoms with Gasteiger partial charge in [-0.15, -0.1) is 11.3 Å². The molecule has 0 aliphatic heterocycles. The van der Waals surface area contributed by atoms with Crippen molar-refractivity contribution in [3.63, 3.8) is 0 Å². The van der Waals surface area contributed by atoms with E-state index in [0.29, 0.717) is 0 Å². The lowest BCUT2D eigenvalue weighted by molar-refractivity contribution is 0.235. The summed E-state index contributed by atoms with van der Waals surface area (Å²) < 4.78 is 0. The molecule has 5 heteroatoms. The first kappa shape index (κ1) is 14.5. The molecule has 1 aromatic carbocycles. The van der Waals surface area contributed by atoms with Crippen LogP contribution in [0.3, 0.4) is 0 Å². The first-order chi connectivity index (χ1) is 9.58. The van der Waals surface area contributed by atoms with Crippen LogP contribution in [-0.2, 0) is 0 Å². The van der Waals surface area contributed by atoms with E-state index in [1.165, 1.54) is 16.9 Å². The zero-order chi connectivity index (χ0) is 14.5. The Hall–Kier alpha value is -1.88. The molecule has 0 unspecified atom stereocenters. The molecule has 4 nitrogen and oxygen atoms in total. The summed E-state index contributed by atoms with van der Waals surface area (Å²) in [5, 5.41) is 8.67. The number of hydrogen-bond donors (Lipinski definition) is 2. The van der Waals surface area contributed by atoms with Gasteiger partial charge in [0.15, 0.2) is 0 Å². The number of nitrogens with one attached hydrogen (secondary N) is 2. The number of nitrogens with zero attached hydrogens (tertiary/aromatic N) is 1. The fourth-order valence-corrected chi connectivity index (χ4v) is 2.74. The van der Waals surface area contributed by atoms with Gasteiger partial charge in [-0.3, -0.25) is 0 Å². The predicted molar refractivity (Wildman–Crippen MR) is 81.8 cm³/mol. The second-order valence-corrected chi connectivity index (χ2v) is 5.71. The molecule has 2 rings (SSSR count). The maximum Gasteiger partial charge on any atom is 0.315 e. The minimum atomic E-state index is -0.177. The summed E-state index contributed by atoms with van der Waals surface area (Å²) in [6.07, 6.45) is 1.74. The molecular formula is C15H19N3OS. The number of rotatable bonds is 4. The third kappa shape index (κ3) is 3.57. The number of carbonyl (C=O) groups excluding carboxylic acids is 1. The molecule has 0 saturated carbocycles. The summed E-state index contributed by atoms with van der Waals surface area (Å²) >= 11 is 1.54. The Balaban J connectivity index is 1.93. The first-order valence-electron chi connectivity index (χ1n) is 6.60. The highest BCUT2D eigenvalue weighted by Crippen LogP contribution is 2.17. The number of benzene rings is 1. The van der Waals surface area contributed by atoms with E-state index in [9.17, 15) is 4.79 Å². The number of hydrogen-bond acceptors (Lipinski definition) is 3. The van der Waals surface area contributed by atoms with Crippen LogP contribution in [0, 0.1) is 6.92 Å². The summed E-state index contributed by atoms with van der Waals surface area (Å²) in [7, 11) is 0. The Morgan fingerprint density at radius 3 is 2.55 bits per heavy atom. The average molecular weight is 289 g/mol. The highest BCUT2D eigenvalue weighted by Gasteiger charge is 2.14. The Labute approximate surface area is 123 Å². The highest BCUT2D eigenvalue weighted by molar-refractivity contribution is 7.09. The quantitative estimate of drug-likeness (QED) is 0.904. The van der Waals surface area contributed by atoms with Gasteiger partial charge in [0.1, 0.15) is 5.01 Å². The van der Waals surface area contributed by atoms with Crippen molar-refractivity contribution in [3.8, 4) is 0 Å². The molecule has 2 amide bonds. The van der Waals surface area contributed by atoms with Gasteiger partial charge < -0.3 is 10.6 Å². The fourth-order valence-electron chi connectivity index (χ4n) is 2.10. The maximum absolute atomic E-state index is 12.0. The molecule has 2 N–H and O–H groups in total. The van der Waals surface area contributed by atoms with Crippen LogP contribution in [0.5, 0.6) is 0 Å². The van der Waals surface area contributed by atoms with E-state index < -0.39 is 0 Å². The van der Waals surface area contributed by atoms with E-state index in [-0.39, 0.29) is 18.1 Å². The van der Waals surface area contributed by atoms with E-state index in [1.54, 1.807) is 6.20 Å². The Bertz CT molecular complexity index is 568. The van der Waals surface area contributed by atoms with E-state index in [1.807, 2.05) is 50.4 Å². The van der Waals surface area contributed by atoms with Crippen LogP contribution < -0.4 is 10.6 Å². The molecular weight excluding hydrogens is 270 g/mol. The lowest BCUT2D eigenvalue weighted by atomic mass is 10.0. The van der Waals surface area contributed by atoms with E-state index in [2.05, 4.69) is 15.6 Å². The molecule has 2 atom stereocenters. The fraction of sp³-hybridized carbons (Fsp3) is 0.333. The molecule has 106 valence electrons. The van der Waals surface area contributed by atoms with E-state index >= 15 is 0 Å². The minimum Gasteiger partial charge on any atom is -0.332 e. The van der Waals surface area contributed by atoms with Gasteiger partial charge in [-0.2, -0.15) is 0 Å². The van der Waals surface area contributed by atoms with E-state index in [0.717, 1.165) is 10.6 Å². The number of aryl methyl sites for hydroxylation is 1. The van der Waals surface area contributed by atoms with E-state index in [4.69, 9.17) is 0 Å². The van der Waals surface area contributed by atoms with Crippen molar-refractivity contribution in [3.05, 3.63) is 52.0 Å². The summed E-state index contributed by atoms with van der Waals surface area (Å²) in [4.78, 5) is 16.2. The lowest BCUT2D eigenvalue weighted by Crippen LogP contribution is -2.38. The number of carbonyl (C=O) groups is 1. The number of thiazole rings is 1. The van der Waals surface area contributed by atoms with Crippen molar-refractivity contribution in [1.29, 1.82) is 0 Å². The van der Waals surface area contributed by atoms with Crippen molar-refractivity contribution in [2.75, 3.05) is 0 Å². The molecule has 1 heterocycles. The number of amides is 2. The van der Waals surface area contributed by atoms with Crippen molar-refractivity contribution in [1.82, 2.24) is 15.6 Å². The summed E-state index contributed by atoms with van der Waals surface area (Å²) in [6.45, 7) is 5.95. The average Bonchev–Trinajstić information content (AvgIpc) is 2.92. The molecule has 1 aromatic heterocycles. The summed E-state index contributed by atoms with van der Waals surface area (Å²) in [5.41, 5.74) is 2.30. The molecule has 20 heavy (non-hydrogen) atoms. The summed E-state index contributed by atoms with van der Waals surface area (Å²) in [5.74, 6) is 0. The third-order valence-corrected chi connectivity index (χ3v) is 4.13. The van der Waals surface area contributed by atoms with Gasteiger partial charge in [0, 0.05) is 11.6 Å². The maximum atomic E-state index is 12.0. The van der Waals surface area contributed by atoms with Crippen molar-refractivity contribution >= 4 is 17.4 Å². The normalized spacial score (nSPS) is 13.6. The van der Waals surface area contributed by atoms with Gasteiger partial charge in [0.05, 0.1) is 12.1 Å². The van der Waals surface area contributed by atoms with Gasteiger partial charge in [-0.1, -0.05) is 24.3 Å². The van der Waals surface area contributed by atoms with Gasteiger partial charge in [0.25, 0.3) is 0 Å². The Kier molecular flexibility index (Phi) is 4.74. The van der Waals surface area contributed by atoms with Gasteiger partial charge in [0.2, 0.25) is 0 Å². The van der Waals surface area contributed by atoms with Gasteiger partial charge >= 0.3 is 6.03 Å². The standard InChI is InChI=1S/C15H19N3OS/c1-10-6-4-5-7-13(10)11(2)17-15(19)18-12(3)14-16-8-9-20-14/h4-9,11-12H,1-3H3,(H2,17,18,19)/t11-,12-/m1/s1. The van der Waals surface area contributed by atoms with Gasteiger partial charge in [-0.05, 0) is 31.9 Å². The van der Waals surface area contributed by atoms with Crippen LogP contribution in [0.1, 0.15) is 42.1 Å². The first-order valence-corrected chi connectivity index (χ1v) is 7.48. The molecule has 0 aliphatic rings. The second-order valence-electron chi connectivity index (χ2n) is 4.79. The largest absolute Gasteiger partial charge is 0.332 e. The zero-order valence-electron chi connectivity index (χ0n) is 11.9. The van der Waals surface area contributed by atoms with Crippen LogP contribution >= 0.6 is 11.3 Å². The van der Waals surface area contributed by atoms with Crippen LogP contribution in [0.25, 0.3) is 0 Å². The second kappa shape index (κ2) is 6.52. The molecule has 0 spiro atoms. The predicted octanol–water partition coefficient (Wildman–Crippen LogP) is 3.57. The molecule has 2 aromatic rings. The zero-order valence-corrected chi connectivity index (χ0v) is 12.7. The van der Waals surface area contributed by atoms with Crippen LogP contribution in [0.2, 0.25) is 0 Å². The third-order valence-electron chi connectivity index (χ3n) is 3.17. The monoisotopic (exact) mass is 289 g/mol. The van der Waals surface area contributed by atoms with Crippen LogP contribution in [0.4, 0.5) is 4.79 Å². The Morgan fingerprint density at radius 1 is 1.20 bits per heavy atom. The molecule has 0 bridgehead atoms. The smallest absolute Gasteiger partial charge is 0.315 e. The van der Waals surface area contributed by atoms with Crippen molar-refractivity contribution in [2.24, 2.45) is 0 Å². The van der Waals surface area contributed by atoms with Crippen LogP contribution in [0.15, 0.2) is 35.8 Å². The topological polar surface area (TPSA) is 54.0 Å². The summed E-state index contributed by atoms with van der Waals surface area (Å²) in [6, 6.07) is 7.77. The van der Waals surface area contributed by atoms with Crippen molar-refractivity contribution in [2.45, 2.75) is 32.9 Å². The minimum absolute atomic E-state index is 0.0281.